The average molecular weight is 245 g/mol. The highest BCUT2D eigenvalue weighted by Gasteiger charge is 2.41. The number of aliphatic hydroxyl groups excluding tert-OH is 1. The monoisotopic (exact) mass is 245 g/mol. The van der Waals surface area contributed by atoms with E-state index in [1.165, 1.54) is 0 Å². The Morgan fingerprint density at radius 3 is 3.22 bits per heavy atom. The fraction of sp³-hybridized carbons (Fsp3) is 0.538. The molecule has 2 aliphatic rings. The van der Waals surface area contributed by atoms with Gasteiger partial charge in [0.2, 0.25) is 0 Å². The summed E-state index contributed by atoms with van der Waals surface area (Å²) >= 11 is 0. The molecule has 0 amide bonds. The molecule has 3 heterocycles. The van der Waals surface area contributed by atoms with Gasteiger partial charge in [-0.15, -0.1) is 0 Å². The van der Waals surface area contributed by atoms with Crippen molar-refractivity contribution >= 4 is 0 Å². The zero-order valence-corrected chi connectivity index (χ0v) is 9.91. The van der Waals surface area contributed by atoms with E-state index in [4.69, 9.17) is 10.00 Å². The predicted octanol–water partition coefficient (Wildman–Crippen LogP) is 0.364. The lowest BCUT2D eigenvalue weighted by molar-refractivity contribution is -0.0751. The van der Waals surface area contributed by atoms with Gasteiger partial charge in [-0.2, -0.15) is 5.26 Å². The second kappa shape index (κ2) is 4.65. The van der Waals surface area contributed by atoms with E-state index in [1.54, 1.807) is 12.4 Å². The smallest absolute Gasteiger partial charge is 0.101 e. The Kier molecular flexibility index (Phi) is 3.00. The summed E-state index contributed by atoms with van der Waals surface area (Å²) in [5, 5.41) is 22.0. The van der Waals surface area contributed by atoms with Crippen LogP contribution in [-0.2, 0) is 4.74 Å². The molecule has 0 radical (unpaired) electrons. The van der Waals surface area contributed by atoms with Crippen molar-refractivity contribution in [2.24, 2.45) is 5.92 Å². The maximum absolute atomic E-state index is 9.70. The number of nitrogens with one attached hydrogen (secondary N) is 1. The van der Waals surface area contributed by atoms with Crippen LogP contribution in [-0.4, -0.2) is 35.5 Å². The fourth-order valence-electron chi connectivity index (χ4n) is 2.90. The molecule has 1 aromatic rings. The molecule has 4 atom stereocenters. The second-order valence-electron chi connectivity index (χ2n) is 4.93. The summed E-state index contributed by atoms with van der Waals surface area (Å²) in [4.78, 5) is 4.09. The summed E-state index contributed by atoms with van der Waals surface area (Å²) < 4.78 is 5.62. The first kappa shape index (κ1) is 11.6. The largest absolute Gasteiger partial charge is 0.391 e. The lowest BCUT2D eigenvalue weighted by Gasteiger charge is -2.31. The minimum Gasteiger partial charge on any atom is -0.391 e. The molecule has 0 aromatic carbocycles. The van der Waals surface area contributed by atoms with Gasteiger partial charge in [0.25, 0.3) is 0 Å². The van der Waals surface area contributed by atoms with Crippen LogP contribution in [0.3, 0.4) is 0 Å². The van der Waals surface area contributed by atoms with Crippen molar-refractivity contribution in [3.8, 4) is 6.07 Å². The van der Waals surface area contributed by atoms with Crippen molar-refractivity contribution in [1.29, 1.82) is 5.26 Å². The van der Waals surface area contributed by atoms with Crippen molar-refractivity contribution in [2.75, 3.05) is 13.2 Å². The number of nitrogens with zero attached hydrogens (tertiary/aromatic N) is 2. The third-order valence-corrected chi connectivity index (χ3v) is 3.74. The molecule has 2 fully saturated rings. The number of rotatable bonds is 1. The highest BCUT2D eigenvalue weighted by molar-refractivity contribution is 5.31. The average Bonchev–Trinajstić information content (AvgIpc) is 2.81. The van der Waals surface area contributed by atoms with Gasteiger partial charge in [0.05, 0.1) is 24.4 Å². The number of hydrogen-bond donors (Lipinski definition) is 2. The molecule has 0 bridgehead atoms. The highest BCUT2D eigenvalue weighted by atomic mass is 16.5. The third-order valence-electron chi connectivity index (χ3n) is 3.74. The molecule has 3 rings (SSSR count). The SMILES string of the molecule is N#Cc1cncc(C2NCC3OC[C@H](O)CC32)c1. The Labute approximate surface area is 105 Å². The van der Waals surface area contributed by atoms with E-state index in [1.807, 2.05) is 6.07 Å². The van der Waals surface area contributed by atoms with Crippen LogP contribution in [0.5, 0.6) is 0 Å². The van der Waals surface area contributed by atoms with Crippen LogP contribution < -0.4 is 5.32 Å². The van der Waals surface area contributed by atoms with E-state index >= 15 is 0 Å². The number of pyridine rings is 1. The summed E-state index contributed by atoms with van der Waals surface area (Å²) in [5.74, 6) is 0.254. The van der Waals surface area contributed by atoms with Gasteiger partial charge in [0.15, 0.2) is 0 Å². The molecule has 2 N–H and O–H groups in total. The fourth-order valence-corrected chi connectivity index (χ4v) is 2.90. The minimum absolute atomic E-state index is 0.116. The van der Waals surface area contributed by atoms with Crippen molar-refractivity contribution < 1.29 is 9.84 Å². The minimum atomic E-state index is -0.388. The second-order valence-corrected chi connectivity index (χ2v) is 4.93. The van der Waals surface area contributed by atoms with Gasteiger partial charge < -0.3 is 15.2 Å². The molecular formula is C13H15N3O2. The molecule has 5 nitrogen and oxygen atoms in total. The molecule has 0 aliphatic carbocycles. The van der Waals surface area contributed by atoms with Crippen LogP contribution in [0.2, 0.25) is 0 Å². The Hall–Kier alpha value is -1.48. The first-order valence-corrected chi connectivity index (χ1v) is 6.16. The summed E-state index contributed by atoms with van der Waals surface area (Å²) in [6.45, 7) is 1.21. The standard InChI is InChI=1S/C13H15N3O2/c14-3-8-1-9(5-15-4-8)13-11-2-10(17)7-18-12(11)6-16-13/h1,4-5,10-13,16-17H,2,6-7H2/t10-,11?,12?,13?/m1/s1. The highest BCUT2D eigenvalue weighted by Crippen LogP contribution is 2.37. The van der Waals surface area contributed by atoms with Crippen molar-refractivity contribution in [1.82, 2.24) is 10.3 Å². The molecule has 1 aromatic heterocycles. The molecular weight excluding hydrogens is 230 g/mol. The van der Waals surface area contributed by atoms with Gasteiger partial charge in [-0.1, -0.05) is 0 Å². The van der Waals surface area contributed by atoms with Crippen molar-refractivity contribution in [3.63, 3.8) is 0 Å². The van der Waals surface area contributed by atoms with E-state index in [9.17, 15) is 5.11 Å². The quantitative estimate of drug-likeness (QED) is 0.747. The summed E-state index contributed by atoms with van der Waals surface area (Å²) in [7, 11) is 0. The Morgan fingerprint density at radius 2 is 2.39 bits per heavy atom. The third kappa shape index (κ3) is 1.99. The molecule has 5 heteroatoms. The number of aromatic nitrogens is 1. The van der Waals surface area contributed by atoms with Crippen molar-refractivity contribution in [3.05, 3.63) is 29.6 Å². The van der Waals surface area contributed by atoms with Crippen LogP contribution in [0.15, 0.2) is 18.5 Å². The lowest BCUT2D eigenvalue weighted by Crippen LogP contribution is -2.36. The number of hydrogen-bond acceptors (Lipinski definition) is 5. The molecule has 94 valence electrons. The lowest BCUT2D eigenvalue weighted by atomic mass is 9.86. The Morgan fingerprint density at radius 1 is 1.50 bits per heavy atom. The molecule has 3 unspecified atom stereocenters. The molecule has 0 saturated carbocycles. The van der Waals surface area contributed by atoms with Crippen molar-refractivity contribution in [2.45, 2.75) is 24.7 Å². The Balaban J connectivity index is 1.85. The van der Waals surface area contributed by atoms with E-state index in [2.05, 4.69) is 16.4 Å². The van der Waals surface area contributed by atoms with Gasteiger partial charge in [0.1, 0.15) is 6.07 Å². The van der Waals surface area contributed by atoms with Crippen LogP contribution in [0.25, 0.3) is 0 Å². The van der Waals surface area contributed by atoms with Gasteiger partial charge in [0, 0.05) is 30.9 Å². The number of aliphatic hydroxyl groups is 1. The van der Waals surface area contributed by atoms with Gasteiger partial charge in [-0.05, 0) is 18.1 Å². The van der Waals surface area contributed by atoms with E-state index in [0.29, 0.717) is 12.2 Å². The van der Waals surface area contributed by atoms with E-state index in [0.717, 1.165) is 18.5 Å². The summed E-state index contributed by atoms with van der Waals surface area (Å²) in [6.07, 6.45) is 3.84. The first-order valence-electron chi connectivity index (χ1n) is 6.16. The Bertz CT molecular complexity index is 485. The molecule has 0 spiro atoms. The van der Waals surface area contributed by atoms with E-state index in [-0.39, 0.29) is 24.2 Å². The maximum Gasteiger partial charge on any atom is 0.101 e. The van der Waals surface area contributed by atoms with Gasteiger partial charge in [-0.25, -0.2) is 0 Å². The van der Waals surface area contributed by atoms with E-state index < -0.39 is 0 Å². The zero-order chi connectivity index (χ0) is 12.5. The maximum atomic E-state index is 9.70. The molecule has 2 saturated heterocycles. The molecule has 2 aliphatic heterocycles. The number of nitriles is 1. The van der Waals surface area contributed by atoms with Crippen LogP contribution in [0, 0.1) is 17.2 Å². The number of ether oxygens (including phenoxy) is 1. The normalized spacial score (nSPS) is 34.9. The molecule has 18 heavy (non-hydrogen) atoms. The first-order chi connectivity index (χ1) is 8.78. The summed E-state index contributed by atoms with van der Waals surface area (Å²) in [6, 6.07) is 4.07. The predicted molar refractivity (Wildman–Crippen MR) is 63.5 cm³/mol. The van der Waals surface area contributed by atoms with Gasteiger partial charge >= 0.3 is 0 Å². The summed E-state index contributed by atoms with van der Waals surface area (Å²) in [5.41, 5.74) is 1.56. The van der Waals surface area contributed by atoms with Crippen LogP contribution >= 0.6 is 0 Å². The zero-order valence-electron chi connectivity index (χ0n) is 9.91. The van der Waals surface area contributed by atoms with Gasteiger partial charge in [-0.3, -0.25) is 4.98 Å². The van der Waals surface area contributed by atoms with Crippen LogP contribution in [0.4, 0.5) is 0 Å². The topological polar surface area (TPSA) is 78.2 Å². The van der Waals surface area contributed by atoms with Crippen LogP contribution in [0.1, 0.15) is 23.6 Å². The number of fused-ring (bicyclic) bond motifs is 1.